The molecule has 0 bridgehead atoms. The zero-order valence-corrected chi connectivity index (χ0v) is 18.1. The van der Waals surface area contributed by atoms with Crippen molar-refractivity contribution in [2.75, 3.05) is 30.3 Å². The van der Waals surface area contributed by atoms with Crippen LogP contribution in [0, 0.1) is 5.82 Å². The second-order valence-corrected chi connectivity index (χ2v) is 8.38. The SMILES string of the molecule is CCN1CCN[C@@](c2ccc3nc(NC(=O)Nc4ccc(F)cc4)sc3c2)(C(F)(F)F)C1=O. The number of benzene rings is 2. The van der Waals surface area contributed by atoms with Crippen LogP contribution in [0.3, 0.4) is 0 Å². The number of urea groups is 1. The number of aromatic nitrogens is 1. The lowest BCUT2D eigenvalue weighted by molar-refractivity contribution is -0.214. The number of nitrogens with zero attached hydrogens (tertiary/aromatic N) is 2. The second-order valence-electron chi connectivity index (χ2n) is 7.35. The maximum atomic E-state index is 14.2. The van der Waals surface area contributed by atoms with Crippen LogP contribution < -0.4 is 16.0 Å². The number of amides is 3. The molecule has 3 N–H and O–H groups in total. The third kappa shape index (κ3) is 4.23. The molecule has 0 radical (unpaired) electrons. The van der Waals surface area contributed by atoms with Gasteiger partial charge in [-0.25, -0.2) is 14.2 Å². The number of alkyl halides is 3. The highest BCUT2D eigenvalue weighted by Gasteiger charge is 2.63. The van der Waals surface area contributed by atoms with E-state index in [9.17, 15) is 27.2 Å². The fraction of sp³-hybridized carbons (Fsp3) is 0.286. The van der Waals surface area contributed by atoms with E-state index in [4.69, 9.17) is 0 Å². The van der Waals surface area contributed by atoms with Gasteiger partial charge in [-0.2, -0.15) is 13.2 Å². The van der Waals surface area contributed by atoms with Crippen molar-refractivity contribution < 1.29 is 27.2 Å². The minimum absolute atomic E-state index is 0.00379. The monoisotopic (exact) mass is 481 g/mol. The highest BCUT2D eigenvalue weighted by molar-refractivity contribution is 7.22. The number of carbonyl (C=O) groups excluding carboxylic acids is 2. The molecule has 2 heterocycles. The summed E-state index contributed by atoms with van der Waals surface area (Å²) in [4.78, 5) is 30.4. The number of nitrogens with one attached hydrogen (secondary N) is 3. The lowest BCUT2D eigenvalue weighted by atomic mass is 9.85. The van der Waals surface area contributed by atoms with E-state index < -0.39 is 29.5 Å². The first-order valence-corrected chi connectivity index (χ1v) is 10.8. The molecule has 1 aliphatic rings. The number of anilines is 2. The van der Waals surface area contributed by atoms with Crippen LogP contribution in [0.1, 0.15) is 12.5 Å². The fourth-order valence-electron chi connectivity index (χ4n) is 3.71. The van der Waals surface area contributed by atoms with Crippen LogP contribution in [-0.2, 0) is 10.3 Å². The van der Waals surface area contributed by atoms with Crippen molar-refractivity contribution in [3.63, 3.8) is 0 Å². The molecule has 0 aliphatic carbocycles. The molecule has 3 aromatic rings. The summed E-state index contributed by atoms with van der Waals surface area (Å²) in [6.07, 6.45) is -4.87. The van der Waals surface area contributed by atoms with E-state index in [1.54, 1.807) is 6.92 Å². The summed E-state index contributed by atoms with van der Waals surface area (Å²) in [5.74, 6) is -1.50. The van der Waals surface area contributed by atoms with Gasteiger partial charge in [0.25, 0.3) is 5.91 Å². The Hall–Kier alpha value is -3.25. The molecule has 1 atom stereocenters. The van der Waals surface area contributed by atoms with Gasteiger partial charge in [-0.05, 0) is 48.9 Å². The van der Waals surface area contributed by atoms with E-state index in [1.807, 2.05) is 0 Å². The predicted molar refractivity (Wildman–Crippen MR) is 117 cm³/mol. The molecular weight excluding hydrogens is 462 g/mol. The highest BCUT2D eigenvalue weighted by Crippen LogP contribution is 2.43. The lowest BCUT2D eigenvalue weighted by Gasteiger charge is -2.43. The van der Waals surface area contributed by atoms with Crippen molar-refractivity contribution in [1.82, 2.24) is 15.2 Å². The second kappa shape index (κ2) is 8.60. The number of halogens is 4. The smallest absolute Gasteiger partial charge is 0.339 e. The van der Waals surface area contributed by atoms with Crippen LogP contribution in [0.2, 0.25) is 0 Å². The topological polar surface area (TPSA) is 86.4 Å². The molecule has 3 amide bonds. The largest absolute Gasteiger partial charge is 0.419 e. The fourth-order valence-corrected chi connectivity index (χ4v) is 4.61. The lowest BCUT2D eigenvalue weighted by Crippen LogP contribution is -2.68. The summed E-state index contributed by atoms with van der Waals surface area (Å²) in [6, 6.07) is 8.37. The first-order chi connectivity index (χ1) is 15.6. The Morgan fingerprint density at radius 1 is 1.21 bits per heavy atom. The van der Waals surface area contributed by atoms with Gasteiger partial charge in [0.2, 0.25) is 5.54 Å². The first kappa shape index (κ1) is 22.9. The molecule has 1 aromatic heterocycles. The van der Waals surface area contributed by atoms with Crippen LogP contribution >= 0.6 is 11.3 Å². The number of piperazine rings is 1. The molecule has 174 valence electrons. The first-order valence-electron chi connectivity index (χ1n) is 10.00. The predicted octanol–water partition coefficient (Wildman–Crippen LogP) is 4.29. The normalized spacial score (nSPS) is 19.1. The van der Waals surface area contributed by atoms with Crippen molar-refractivity contribution in [1.29, 1.82) is 0 Å². The Labute approximate surface area is 189 Å². The minimum atomic E-state index is -4.87. The number of likely N-dealkylation sites (N-methyl/N-ethyl adjacent to an activating group) is 1. The maximum Gasteiger partial charge on any atom is 0.419 e. The molecule has 0 unspecified atom stereocenters. The molecule has 33 heavy (non-hydrogen) atoms. The van der Waals surface area contributed by atoms with Gasteiger partial charge in [-0.15, -0.1) is 0 Å². The summed E-state index contributed by atoms with van der Waals surface area (Å²) in [5.41, 5.74) is -2.37. The molecule has 1 aliphatic heterocycles. The number of hydrogen-bond donors (Lipinski definition) is 3. The zero-order valence-electron chi connectivity index (χ0n) is 17.3. The van der Waals surface area contributed by atoms with E-state index in [0.29, 0.717) is 15.9 Å². The van der Waals surface area contributed by atoms with Crippen LogP contribution in [0.15, 0.2) is 42.5 Å². The Kier molecular flexibility index (Phi) is 5.97. The summed E-state index contributed by atoms with van der Waals surface area (Å²) in [7, 11) is 0. The standard InChI is InChI=1S/C21H19F4N5O2S/c1-2-30-10-9-26-20(17(30)31,21(23,24)25)12-3-8-15-16(11-12)33-19(28-15)29-18(32)27-14-6-4-13(22)5-7-14/h3-8,11,26H,2,9-10H2,1H3,(H2,27,28,29,32)/t20-/m1/s1. The van der Waals surface area contributed by atoms with E-state index >= 15 is 0 Å². The average molecular weight is 481 g/mol. The van der Waals surface area contributed by atoms with Crippen molar-refractivity contribution in [2.45, 2.75) is 18.6 Å². The van der Waals surface area contributed by atoms with Crippen molar-refractivity contribution in [3.05, 3.63) is 53.8 Å². The van der Waals surface area contributed by atoms with Gasteiger partial charge in [0, 0.05) is 25.3 Å². The molecule has 12 heteroatoms. The number of thiazole rings is 1. The summed E-state index contributed by atoms with van der Waals surface area (Å²) in [6.45, 7) is 1.98. The number of rotatable bonds is 4. The Morgan fingerprint density at radius 2 is 1.94 bits per heavy atom. The average Bonchev–Trinajstić information content (AvgIpc) is 3.16. The molecule has 0 saturated carbocycles. The van der Waals surface area contributed by atoms with E-state index in [1.165, 1.54) is 47.4 Å². The number of carbonyl (C=O) groups is 2. The Bertz CT molecular complexity index is 1200. The molecule has 0 spiro atoms. The van der Waals surface area contributed by atoms with Gasteiger partial charge in [0.15, 0.2) is 5.13 Å². The van der Waals surface area contributed by atoms with Crippen LogP contribution in [0.5, 0.6) is 0 Å². The van der Waals surface area contributed by atoms with Crippen molar-refractivity contribution >= 4 is 44.3 Å². The molecule has 1 saturated heterocycles. The zero-order chi connectivity index (χ0) is 23.8. The summed E-state index contributed by atoms with van der Waals surface area (Å²) in [5, 5.41) is 7.57. The van der Waals surface area contributed by atoms with Gasteiger partial charge in [0.05, 0.1) is 10.2 Å². The number of fused-ring (bicyclic) bond motifs is 1. The summed E-state index contributed by atoms with van der Waals surface area (Å²) >= 11 is 0.971. The third-order valence-corrected chi connectivity index (χ3v) is 6.26. The molecular formula is C21H19F4N5O2S. The van der Waals surface area contributed by atoms with Crippen LogP contribution in [0.4, 0.5) is 33.2 Å². The molecule has 1 fully saturated rings. The molecule has 2 aromatic carbocycles. The van der Waals surface area contributed by atoms with Gasteiger partial charge < -0.3 is 10.2 Å². The van der Waals surface area contributed by atoms with Crippen LogP contribution in [-0.4, -0.2) is 47.6 Å². The number of hydrogen-bond acceptors (Lipinski definition) is 5. The van der Waals surface area contributed by atoms with Gasteiger partial charge >= 0.3 is 12.2 Å². The van der Waals surface area contributed by atoms with E-state index in [2.05, 4.69) is 20.9 Å². The highest BCUT2D eigenvalue weighted by atomic mass is 32.1. The van der Waals surface area contributed by atoms with Crippen LogP contribution in [0.25, 0.3) is 10.2 Å². The molecule has 7 nitrogen and oxygen atoms in total. The third-order valence-electron chi connectivity index (χ3n) is 5.33. The van der Waals surface area contributed by atoms with Crippen molar-refractivity contribution in [3.8, 4) is 0 Å². The van der Waals surface area contributed by atoms with Gasteiger partial charge in [0.1, 0.15) is 5.82 Å². The summed E-state index contributed by atoms with van der Waals surface area (Å²) < 4.78 is 56.1. The minimum Gasteiger partial charge on any atom is -0.339 e. The van der Waals surface area contributed by atoms with Crippen molar-refractivity contribution in [2.24, 2.45) is 0 Å². The quantitative estimate of drug-likeness (QED) is 0.486. The van der Waals surface area contributed by atoms with E-state index in [0.717, 1.165) is 11.3 Å². The Morgan fingerprint density at radius 3 is 2.61 bits per heavy atom. The molecule has 4 rings (SSSR count). The van der Waals surface area contributed by atoms with E-state index in [-0.39, 0.29) is 30.3 Å². The van der Waals surface area contributed by atoms with Gasteiger partial charge in [-0.1, -0.05) is 17.4 Å². The maximum absolute atomic E-state index is 14.2. The van der Waals surface area contributed by atoms with Gasteiger partial charge in [-0.3, -0.25) is 15.4 Å². The Balaban J connectivity index is 1.62.